The molecule has 0 N–H and O–H groups in total. The van der Waals surface area contributed by atoms with Crippen LogP contribution in [0.1, 0.15) is 5.56 Å². The summed E-state index contributed by atoms with van der Waals surface area (Å²) in [6.45, 7) is 4.88. The molecule has 0 bridgehead atoms. The molecule has 0 unspecified atom stereocenters. The van der Waals surface area contributed by atoms with Gasteiger partial charge in [-0.05, 0) is 6.07 Å². The highest BCUT2D eigenvalue weighted by Gasteiger charge is 2.01. The molecule has 1 rings (SSSR count). The molecule has 2 heteroatoms. The third-order valence-corrected chi connectivity index (χ3v) is 1.77. The Morgan fingerprint density at radius 1 is 1.40 bits per heavy atom. The summed E-state index contributed by atoms with van der Waals surface area (Å²) in [5.41, 5.74) is 0.995. The van der Waals surface area contributed by atoms with E-state index in [9.17, 15) is 0 Å². The predicted octanol–water partition coefficient (Wildman–Crippen LogP) is 2.40. The molecule has 1 aromatic carbocycles. The van der Waals surface area contributed by atoms with Gasteiger partial charge in [-0.15, -0.1) is 6.42 Å². The first-order valence-corrected chi connectivity index (χ1v) is 4.71. The van der Waals surface area contributed by atoms with E-state index < -0.39 is 0 Å². The lowest BCUT2D eigenvalue weighted by molar-refractivity contribution is 0.150. The molecule has 0 aromatic heterocycles. The van der Waals surface area contributed by atoms with Gasteiger partial charge in [0, 0.05) is 5.56 Å². The summed E-state index contributed by atoms with van der Waals surface area (Å²) in [4.78, 5) is 0. The van der Waals surface area contributed by atoms with Crippen LogP contribution < -0.4 is 4.74 Å². The summed E-state index contributed by atoms with van der Waals surface area (Å²) in [6.07, 6.45) is 6.80. The first kappa shape index (κ1) is 11.4. The molecule has 78 valence electrons. The standard InChI is InChI=1S/C13H14O2/c1-3-9-14-11-12-7-5-6-8-13(12)15-10-4-2/h1,4-8H,2,9-11H2. The average Bonchev–Trinajstić information content (AvgIpc) is 2.28. The minimum absolute atomic E-state index is 0.315. The summed E-state index contributed by atoms with van der Waals surface area (Å²) in [5.74, 6) is 3.24. The van der Waals surface area contributed by atoms with Gasteiger partial charge in [-0.2, -0.15) is 0 Å². The molecule has 0 radical (unpaired) electrons. The maximum atomic E-state index is 5.47. The first-order valence-electron chi connectivity index (χ1n) is 4.71. The fraction of sp³-hybridized carbons (Fsp3) is 0.231. The van der Waals surface area contributed by atoms with Crippen molar-refractivity contribution in [3.63, 3.8) is 0 Å². The molecule has 0 saturated heterocycles. The Balaban J connectivity index is 2.60. The predicted molar refractivity (Wildman–Crippen MR) is 60.6 cm³/mol. The molecular formula is C13H14O2. The fourth-order valence-electron chi connectivity index (χ4n) is 1.13. The summed E-state index contributed by atoms with van der Waals surface area (Å²) >= 11 is 0. The summed E-state index contributed by atoms with van der Waals surface area (Å²) in [6, 6.07) is 7.71. The summed E-state index contributed by atoms with van der Waals surface area (Å²) in [5, 5.41) is 0. The molecule has 15 heavy (non-hydrogen) atoms. The van der Waals surface area contributed by atoms with E-state index in [1.165, 1.54) is 0 Å². The molecular weight excluding hydrogens is 188 g/mol. The first-order chi connectivity index (χ1) is 7.38. The van der Waals surface area contributed by atoms with Crippen molar-refractivity contribution < 1.29 is 9.47 Å². The van der Waals surface area contributed by atoms with Crippen molar-refractivity contribution >= 4 is 0 Å². The second-order valence-electron chi connectivity index (χ2n) is 2.90. The van der Waals surface area contributed by atoms with Crippen LogP contribution in [0.2, 0.25) is 0 Å². The normalized spacial score (nSPS) is 9.27. The molecule has 0 fully saturated rings. The van der Waals surface area contributed by atoms with E-state index in [4.69, 9.17) is 15.9 Å². The van der Waals surface area contributed by atoms with Gasteiger partial charge in [-0.1, -0.05) is 36.8 Å². The fourth-order valence-corrected chi connectivity index (χ4v) is 1.13. The second kappa shape index (κ2) is 6.69. The van der Waals surface area contributed by atoms with Crippen LogP contribution in [-0.2, 0) is 11.3 Å². The van der Waals surface area contributed by atoms with Crippen molar-refractivity contribution in [3.05, 3.63) is 42.5 Å². The monoisotopic (exact) mass is 202 g/mol. The molecule has 0 heterocycles. The Labute approximate surface area is 90.5 Å². The average molecular weight is 202 g/mol. The van der Waals surface area contributed by atoms with E-state index in [-0.39, 0.29) is 0 Å². The Morgan fingerprint density at radius 2 is 2.20 bits per heavy atom. The highest BCUT2D eigenvalue weighted by atomic mass is 16.5. The quantitative estimate of drug-likeness (QED) is 0.400. The van der Waals surface area contributed by atoms with Gasteiger partial charge in [0.25, 0.3) is 0 Å². The van der Waals surface area contributed by atoms with Crippen molar-refractivity contribution in [1.82, 2.24) is 0 Å². The summed E-state index contributed by atoms with van der Waals surface area (Å²) in [7, 11) is 0. The van der Waals surface area contributed by atoms with Crippen LogP contribution in [0.5, 0.6) is 5.75 Å². The lowest BCUT2D eigenvalue weighted by Gasteiger charge is -2.09. The maximum Gasteiger partial charge on any atom is 0.125 e. The Morgan fingerprint density at radius 3 is 2.93 bits per heavy atom. The molecule has 0 spiro atoms. The van der Waals surface area contributed by atoms with Crippen LogP contribution in [-0.4, -0.2) is 13.2 Å². The number of para-hydroxylation sites is 1. The van der Waals surface area contributed by atoms with E-state index >= 15 is 0 Å². The molecule has 0 aliphatic heterocycles. The second-order valence-corrected chi connectivity index (χ2v) is 2.90. The van der Waals surface area contributed by atoms with Crippen LogP contribution >= 0.6 is 0 Å². The van der Waals surface area contributed by atoms with Gasteiger partial charge >= 0.3 is 0 Å². The van der Waals surface area contributed by atoms with Crippen molar-refractivity contribution in [2.75, 3.05) is 13.2 Å². The topological polar surface area (TPSA) is 18.5 Å². The van der Waals surface area contributed by atoms with Crippen molar-refractivity contribution in [3.8, 4) is 18.1 Å². The van der Waals surface area contributed by atoms with Crippen LogP contribution in [0.25, 0.3) is 0 Å². The van der Waals surface area contributed by atoms with E-state index in [2.05, 4.69) is 12.5 Å². The van der Waals surface area contributed by atoms with Crippen LogP contribution in [0.15, 0.2) is 36.9 Å². The molecule has 0 amide bonds. The van der Waals surface area contributed by atoms with Gasteiger partial charge in [0.15, 0.2) is 0 Å². The van der Waals surface area contributed by atoms with Gasteiger partial charge in [0.2, 0.25) is 0 Å². The zero-order valence-electron chi connectivity index (χ0n) is 8.61. The molecule has 0 atom stereocenters. The molecule has 0 aliphatic carbocycles. The molecule has 0 aliphatic rings. The van der Waals surface area contributed by atoms with Crippen LogP contribution in [0.3, 0.4) is 0 Å². The van der Waals surface area contributed by atoms with E-state index in [0.717, 1.165) is 11.3 Å². The molecule has 2 nitrogen and oxygen atoms in total. The Kier molecular flexibility index (Phi) is 5.07. The zero-order chi connectivity index (χ0) is 10.9. The number of ether oxygens (including phenoxy) is 2. The SMILES string of the molecule is C#CCOCc1ccccc1OCC=C. The van der Waals surface area contributed by atoms with Gasteiger partial charge in [0.05, 0.1) is 6.61 Å². The lowest BCUT2D eigenvalue weighted by atomic mass is 10.2. The van der Waals surface area contributed by atoms with Crippen LogP contribution in [0, 0.1) is 12.3 Å². The number of rotatable bonds is 6. The van der Waals surface area contributed by atoms with Crippen LogP contribution in [0.4, 0.5) is 0 Å². The zero-order valence-corrected chi connectivity index (χ0v) is 8.61. The number of hydrogen-bond acceptors (Lipinski definition) is 2. The molecule has 0 saturated carbocycles. The maximum absolute atomic E-state index is 5.47. The highest BCUT2D eigenvalue weighted by Crippen LogP contribution is 2.18. The number of benzene rings is 1. The largest absolute Gasteiger partial charge is 0.489 e. The Bertz CT molecular complexity index is 350. The Hall–Kier alpha value is -1.72. The smallest absolute Gasteiger partial charge is 0.125 e. The van der Waals surface area contributed by atoms with Gasteiger partial charge in [-0.3, -0.25) is 0 Å². The minimum Gasteiger partial charge on any atom is -0.489 e. The minimum atomic E-state index is 0.315. The van der Waals surface area contributed by atoms with E-state index in [0.29, 0.717) is 19.8 Å². The van der Waals surface area contributed by atoms with Gasteiger partial charge in [-0.25, -0.2) is 0 Å². The lowest BCUT2D eigenvalue weighted by Crippen LogP contribution is -1.99. The van der Waals surface area contributed by atoms with Crippen molar-refractivity contribution in [1.29, 1.82) is 0 Å². The van der Waals surface area contributed by atoms with Gasteiger partial charge < -0.3 is 9.47 Å². The third kappa shape index (κ3) is 3.88. The highest BCUT2D eigenvalue weighted by molar-refractivity contribution is 5.32. The number of terminal acetylenes is 1. The van der Waals surface area contributed by atoms with Crippen molar-refractivity contribution in [2.24, 2.45) is 0 Å². The van der Waals surface area contributed by atoms with E-state index in [1.807, 2.05) is 24.3 Å². The van der Waals surface area contributed by atoms with E-state index in [1.54, 1.807) is 6.08 Å². The van der Waals surface area contributed by atoms with Crippen molar-refractivity contribution in [2.45, 2.75) is 6.61 Å². The summed E-state index contributed by atoms with van der Waals surface area (Å²) < 4.78 is 10.7. The van der Waals surface area contributed by atoms with Gasteiger partial charge in [0.1, 0.15) is 19.0 Å². The third-order valence-electron chi connectivity index (χ3n) is 1.77. The molecule has 1 aromatic rings. The number of hydrogen-bond donors (Lipinski definition) is 0.